The molecule has 2 unspecified atom stereocenters. The number of ether oxygens (including phenoxy) is 1. The highest BCUT2D eigenvalue weighted by Gasteiger charge is 2.79. The van der Waals surface area contributed by atoms with Gasteiger partial charge < -0.3 is 29.4 Å². The standard InChI is InChI=1S/C40H54N4O5/c1-6-26-42(31-18-14-13-15-19-31)36(46)33-34-37(47)44(28-16-11-12-17-29-45)35(40(34)25-24-39(33,8-3)49-40)38(48)43(27-7-2)32-22-20-30(21-23-32)41(9-4)10-5/h6-7,13-15,18-23,33-35,45H,1-2,8-12,16-17,24-29H2,3-5H3/t33-,34-,35?,39+,40?/m0/s1. The molecule has 2 bridgehead atoms. The SMILES string of the molecule is C=CCN(C(=O)C1N(CCCCCCO)C(=O)[C@@H]2[C@@H](C(=O)N(CC=C)c3ccccc3)[C@@]3(CC)CCC12O3)c1ccc(N(CC)CC)cc1. The molecule has 0 aliphatic carbocycles. The van der Waals surface area contributed by atoms with Crippen molar-refractivity contribution in [3.8, 4) is 0 Å². The van der Waals surface area contributed by atoms with Gasteiger partial charge in [-0.2, -0.15) is 0 Å². The topological polar surface area (TPSA) is 93.6 Å². The van der Waals surface area contributed by atoms with Gasteiger partial charge in [0.1, 0.15) is 11.6 Å². The minimum absolute atomic E-state index is 0.123. The van der Waals surface area contributed by atoms with E-state index in [1.54, 1.807) is 26.9 Å². The van der Waals surface area contributed by atoms with E-state index in [-0.39, 0.29) is 30.9 Å². The number of carbonyl (C=O) groups is 3. The Morgan fingerprint density at radius 1 is 0.857 bits per heavy atom. The summed E-state index contributed by atoms with van der Waals surface area (Å²) in [4.78, 5) is 52.0. The highest BCUT2D eigenvalue weighted by molar-refractivity contribution is 6.07. The maximum atomic E-state index is 15.1. The summed E-state index contributed by atoms with van der Waals surface area (Å²) in [5, 5.41) is 9.32. The Bertz CT molecular complexity index is 1480. The maximum absolute atomic E-state index is 15.1. The van der Waals surface area contributed by atoms with Crippen LogP contribution in [0.15, 0.2) is 79.9 Å². The second-order valence-corrected chi connectivity index (χ2v) is 13.5. The fourth-order valence-corrected chi connectivity index (χ4v) is 8.62. The Morgan fingerprint density at radius 3 is 2.04 bits per heavy atom. The first-order valence-corrected chi connectivity index (χ1v) is 18.1. The molecule has 3 fully saturated rings. The summed E-state index contributed by atoms with van der Waals surface area (Å²) < 4.78 is 7.09. The molecule has 5 atom stereocenters. The van der Waals surface area contributed by atoms with Crippen molar-refractivity contribution in [2.75, 3.05) is 54.0 Å². The third-order valence-corrected chi connectivity index (χ3v) is 11.0. The summed E-state index contributed by atoms with van der Waals surface area (Å²) in [6, 6.07) is 16.6. The van der Waals surface area contributed by atoms with Crippen LogP contribution >= 0.6 is 0 Å². The van der Waals surface area contributed by atoms with E-state index < -0.39 is 29.1 Å². The van der Waals surface area contributed by atoms with Gasteiger partial charge in [-0.1, -0.05) is 50.1 Å². The minimum atomic E-state index is -1.13. The molecule has 1 spiro atoms. The molecule has 0 radical (unpaired) electrons. The number of rotatable bonds is 18. The Kier molecular flexibility index (Phi) is 11.7. The molecule has 49 heavy (non-hydrogen) atoms. The molecular formula is C40H54N4O5. The van der Waals surface area contributed by atoms with E-state index in [4.69, 9.17) is 4.74 Å². The summed E-state index contributed by atoms with van der Waals surface area (Å²) in [5.74, 6) is -2.09. The Hall–Kier alpha value is -3.95. The quantitative estimate of drug-likeness (QED) is 0.155. The lowest BCUT2D eigenvalue weighted by atomic mass is 9.64. The van der Waals surface area contributed by atoms with Gasteiger partial charge >= 0.3 is 0 Å². The zero-order valence-corrected chi connectivity index (χ0v) is 29.6. The number of aliphatic hydroxyl groups is 1. The van der Waals surface area contributed by atoms with Crippen LogP contribution in [-0.4, -0.2) is 84.3 Å². The van der Waals surface area contributed by atoms with Gasteiger partial charge in [-0.15, -0.1) is 13.2 Å². The van der Waals surface area contributed by atoms with E-state index in [0.29, 0.717) is 45.2 Å². The molecule has 1 N–H and O–H groups in total. The molecule has 3 heterocycles. The lowest BCUT2D eigenvalue weighted by molar-refractivity contribution is -0.146. The van der Waals surface area contributed by atoms with E-state index in [1.165, 1.54) is 0 Å². The Balaban J connectivity index is 1.56. The van der Waals surface area contributed by atoms with Crippen molar-refractivity contribution >= 4 is 34.8 Å². The number of aliphatic hydroxyl groups excluding tert-OH is 1. The third kappa shape index (κ3) is 6.55. The molecule has 264 valence electrons. The number of fused-ring (bicyclic) bond motifs is 1. The van der Waals surface area contributed by atoms with E-state index in [9.17, 15) is 14.7 Å². The number of hydrogen-bond acceptors (Lipinski definition) is 6. The van der Waals surface area contributed by atoms with Crippen LogP contribution in [0.2, 0.25) is 0 Å². The highest BCUT2D eigenvalue weighted by Crippen LogP contribution is 2.65. The van der Waals surface area contributed by atoms with Gasteiger partial charge in [0.2, 0.25) is 11.8 Å². The van der Waals surface area contributed by atoms with E-state index in [1.807, 2.05) is 61.5 Å². The number of likely N-dealkylation sites (tertiary alicyclic amines) is 1. The first kappa shape index (κ1) is 36.3. The number of hydrogen-bond donors (Lipinski definition) is 1. The highest BCUT2D eigenvalue weighted by atomic mass is 16.5. The van der Waals surface area contributed by atoms with Gasteiger partial charge in [-0.3, -0.25) is 14.4 Å². The van der Waals surface area contributed by atoms with Gasteiger partial charge in [0.25, 0.3) is 5.91 Å². The molecule has 2 aromatic rings. The number of carbonyl (C=O) groups excluding carboxylic acids is 3. The number of para-hydroxylation sites is 1. The summed E-state index contributed by atoms with van der Waals surface area (Å²) in [6.45, 7) is 16.9. The van der Waals surface area contributed by atoms with Crippen molar-refractivity contribution < 1.29 is 24.2 Å². The molecule has 5 rings (SSSR count). The molecule has 3 amide bonds. The molecular weight excluding hydrogens is 616 g/mol. The second kappa shape index (κ2) is 15.7. The van der Waals surface area contributed by atoms with Crippen LogP contribution in [-0.2, 0) is 19.1 Å². The number of anilines is 3. The normalized spacial score (nSPS) is 25.3. The van der Waals surface area contributed by atoms with Crippen molar-refractivity contribution in [1.82, 2.24) is 4.90 Å². The van der Waals surface area contributed by atoms with Crippen LogP contribution in [0, 0.1) is 11.8 Å². The summed E-state index contributed by atoms with van der Waals surface area (Å²) >= 11 is 0. The zero-order valence-electron chi connectivity index (χ0n) is 29.6. The predicted molar refractivity (Wildman–Crippen MR) is 196 cm³/mol. The van der Waals surface area contributed by atoms with Crippen molar-refractivity contribution in [3.63, 3.8) is 0 Å². The molecule has 0 saturated carbocycles. The summed E-state index contributed by atoms with van der Waals surface area (Å²) in [5.41, 5.74) is 0.548. The largest absolute Gasteiger partial charge is 0.396 e. The molecule has 9 heteroatoms. The maximum Gasteiger partial charge on any atom is 0.253 e. The van der Waals surface area contributed by atoms with Crippen LogP contribution in [0.3, 0.4) is 0 Å². The van der Waals surface area contributed by atoms with Crippen LogP contribution < -0.4 is 14.7 Å². The first-order chi connectivity index (χ1) is 23.8. The van der Waals surface area contributed by atoms with Crippen molar-refractivity contribution in [2.45, 2.75) is 83.0 Å². The monoisotopic (exact) mass is 670 g/mol. The summed E-state index contributed by atoms with van der Waals surface area (Å²) in [6.07, 6.45) is 8.10. The van der Waals surface area contributed by atoms with Crippen molar-refractivity contribution in [3.05, 3.63) is 79.9 Å². The van der Waals surface area contributed by atoms with Gasteiger partial charge in [-0.25, -0.2) is 0 Å². The molecule has 3 aliphatic rings. The average molecular weight is 671 g/mol. The molecule has 3 saturated heterocycles. The smallest absolute Gasteiger partial charge is 0.253 e. The van der Waals surface area contributed by atoms with Gasteiger partial charge in [0.15, 0.2) is 0 Å². The fraction of sp³-hybridized carbons (Fsp3) is 0.525. The van der Waals surface area contributed by atoms with Gasteiger partial charge in [-0.05, 0) is 82.3 Å². The average Bonchev–Trinajstić information content (AvgIpc) is 3.73. The number of amides is 3. The van der Waals surface area contributed by atoms with Crippen molar-refractivity contribution in [2.24, 2.45) is 11.8 Å². The van der Waals surface area contributed by atoms with Crippen molar-refractivity contribution in [1.29, 1.82) is 0 Å². The minimum Gasteiger partial charge on any atom is -0.396 e. The number of benzene rings is 2. The van der Waals surface area contributed by atoms with Gasteiger partial charge in [0.05, 0.1) is 17.4 Å². The zero-order chi connectivity index (χ0) is 35.2. The van der Waals surface area contributed by atoms with Crippen LogP contribution in [0.25, 0.3) is 0 Å². The van der Waals surface area contributed by atoms with Crippen LogP contribution in [0.4, 0.5) is 17.1 Å². The Labute approximate surface area is 292 Å². The predicted octanol–water partition coefficient (Wildman–Crippen LogP) is 5.98. The van der Waals surface area contributed by atoms with Crippen LogP contribution in [0.5, 0.6) is 0 Å². The van der Waals surface area contributed by atoms with E-state index in [2.05, 4.69) is 31.9 Å². The van der Waals surface area contributed by atoms with Crippen LogP contribution in [0.1, 0.15) is 65.7 Å². The lowest BCUT2D eigenvalue weighted by Crippen LogP contribution is -2.56. The Morgan fingerprint density at radius 2 is 1.45 bits per heavy atom. The molecule has 2 aromatic carbocycles. The number of nitrogens with zero attached hydrogens (tertiary/aromatic N) is 4. The molecule has 9 nitrogen and oxygen atoms in total. The van der Waals surface area contributed by atoms with Gasteiger partial charge in [0, 0.05) is 56.4 Å². The number of unbranched alkanes of at least 4 members (excludes halogenated alkanes) is 3. The van der Waals surface area contributed by atoms with E-state index >= 15 is 4.79 Å². The lowest BCUT2D eigenvalue weighted by Gasteiger charge is -2.37. The van der Waals surface area contributed by atoms with E-state index in [0.717, 1.165) is 43.0 Å². The molecule has 3 aliphatic heterocycles. The summed E-state index contributed by atoms with van der Waals surface area (Å²) in [7, 11) is 0. The fourth-order valence-electron chi connectivity index (χ4n) is 8.62. The first-order valence-electron chi connectivity index (χ1n) is 18.1. The molecule has 0 aromatic heterocycles. The second-order valence-electron chi connectivity index (χ2n) is 13.5. The third-order valence-electron chi connectivity index (χ3n) is 11.0.